The fourth-order valence-corrected chi connectivity index (χ4v) is 4.61. The second-order valence-electron chi connectivity index (χ2n) is 8.68. The number of halogens is 3. The Morgan fingerprint density at radius 1 is 1.03 bits per heavy atom. The Labute approximate surface area is 212 Å². The summed E-state index contributed by atoms with van der Waals surface area (Å²) in [5.74, 6) is -1.01. The Morgan fingerprint density at radius 3 is 2.38 bits per heavy atom. The lowest BCUT2D eigenvalue weighted by Crippen LogP contribution is -2.46. The summed E-state index contributed by atoms with van der Waals surface area (Å²) in [6, 6.07) is 10.5. The number of carbonyl (C=O) groups is 2. The maximum absolute atomic E-state index is 13.9. The first-order valence-electron chi connectivity index (χ1n) is 11.8. The predicted molar refractivity (Wildman–Crippen MR) is 130 cm³/mol. The van der Waals surface area contributed by atoms with Gasteiger partial charge in [-0.15, -0.1) is 0 Å². The molecule has 3 aromatic rings. The van der Waals surface area contributed by atoms with Crippen molar-refractivity contribution in [2.24, 2.45) is 0 Å². The third-order valence-electron chi connectivity index (χ3n) is 6.34. The number of furan rings is 1. The van der Waals surface area contributed by atoms with E-state index in [-0.39, 0.29) is 28.8 Å². The van der Waals surface area contributed by atoms with E-state index in [0.717, 1.165) is 42.7 Å². The molecule has 10 heteroatoms. The molecule has 1 unspecified atom stereocenters. The number of para-hydroxylation sites is 1. The van der Waals surface area contributed by atoms with E-state index < -0.39 is 29.6 Å². The number of benzene rings is 2. The van der Waals surface area contributed by atoms with Gasteiger partial charge in [0.2, 0.25) is 5.91 Å². The molecule has 37 heavy (non-hydrogen) atoms. The van der Waals surface area contributed by atoms with Crippen molar-refractivity contribution < 1.29 is 36.7 Å². The Bertz CT molecular complexity index is 1240. The summed E-state index contributed by atoms with van der Waals surface area (Å²) in [7, 11) is 2.81. The van der Waals surface area contributed by atoms with Crippen molar-refractivity contribution in [3.05, 3.63) is 77.7 Å². The van der Waals surface area contributed by atoms with Crippen LogP contribution in [0.2, 0.25) is 0 Å². The fraction of sp³-hybridized carbons (Fsp3) is 0.333. The molecule has 0 bridgehead atoms. The van der Waals surface area contributed by atoms with E-state index in [2.05, 4.69) is 5.32 Å². The SMILES string of the molecule is COc1cccc(C(C(=O)NC2CCCC2)N(C(=O)c2ccco2)c2cccc(C(F)(F)F)c2)c1OC. The number of amides is 2. The molecule has 1 saturated carbocycles. The number of methoxy groups -OCH3 is 2. The van der Waals surface area contributed by atoms with Gasteiger partial charge in [0.1, 0.15) is 6.04 Å². The molecular weight excluding hydrogens is 489 g/mol. The zero-order valence-electron chi connectivity index (χ0n) is 20.4. The molecule has 1 fully saturated rings. The molecule has 2 aromatic carbocycles. The summed E-state index contributed by atoms with van der Waals surface area (Å²) in [6.45, 7) is 0. The quantitative estimate of drug-likeness (QED) is 0.412. The topological polar surface area (TPSA) is 81.0 Å². The molecular formula is C27H27F3N2O5. The summed E-state index contributed by atoms with van der Waals surface area (Å²) in [6.07, 6.45) is 0.0380. The highest BCUT2D eigenvalue weighted by atomic mass is 19.4. The molecule has 0 spiro atoms. The molecule has 196 valence electrons. The smallest absolute Gasteiger partial charge is 0.416 e. The molecule has 1 N–H and O–H groups in total. The van der Waals surface area contributed by atoms with Gasteiger partial charge in [-0.3, -0.25) is 14.5 Å². The normalized spacial score (nSPS) is 14.7. The summed E-state index contributed by atoms with van der Waals surface area (Å²) in [5, 5.41) is 2.98. The van der Waals surface area contributed by atoms with Crippen LogP contribution in [0.3, 0.4) is 0 Å². The summed E-state index contributed by atoms with van der Waals surface area (Å²) >= 11 is 0. The molecule has 1 aliphatic rings. The minimum absolute atomic E-state index is 0.117. The third kappa shape index (κ3) is 5.58. The number of anilines is 1. The van der Waals surface area contributed by atoms with Gasteiger partial charge in [-0.05, 0) is 49.2 Å². The number of carbonyl (C=O) groups excluding carboxylic acids is 2. The van der Waals surface area contributed by atoms with Crippen LogP contribution in [0, 0.1) is 0 Å². The van der Waals surface area contributed by atoms with Gasteiger partial charge in [0.05, 0.1) is 26.0 Å². The molecule has 4 rings (SSSR count). The van der Waals surface area contributed by atoms with Crippen LogP contribution in [0.4, 0.5) is 18.9 Å². The first-order valence-corrected chi connectivity index (χ1v) is 11.8. The number of ether oxygens (including phenoxy) is 2. The van der Waals surface area contributed by atoms with Crippen LogP contribution in [0.5, 0.6) is 11.5 Å². The minimum Gasteiger partial charge on any atom is -0.493 e. The second kappa shape index (κ2) is 11.0. The highest BCUT2D eigenvalue weighted by molar-refractivity contribution is 6.09. The lowest BCUT2D eigenvalue weighted by molar-refractivity contribution is -0.137. The molecule has 0 radical (unpaired) electrons. The van der Waals surface area contributed by atoms with Gasteiger partial charge >= 0.3 is 6.18 Å². The Kier molecular flexibility index (Phi) is 7.75. The summed E-state index contributed by atoms with van der Waals surface area (Å²) < 4.78 is 57.2. The van der Waals surface area contributed by atoms with Crippen LogP contribution in [0.25, 0.3) is 0 Å². The van der Waals surface area contributed by atoms with Crippen molar-refractivity contribution in [1.29, 1.82) is 0 Å². The van der Waals surface area contributed by atoms with Gasteiger partial charge in [-0.25, -0.2) is 0 Å². The number of rotatable bonds is 8. The predicted octanol–water partition coefficient (Wildman–Crippen LogP) is 5.76. The molecule has 1 aliphatic carbocycles. The molecule has 1 atom stereocenters. The highest BCUT2D eigenvalue weighted by Crippen LogP contribution is 2.41. The average Bonchev–Trinajstić information content (AvgIpc) is 3.60. The van der Waals surface area contributed by atoms with Crippen LogP contribution in [-0.2, 0) is 11.0 Å². The van der Waals surface area contributed by atoms with Crippen molar-refractivity contribution >= 4 is 17.5 Å². The Balaban J connectivity index is 1.93. The lowest BCUT2D eigenvalue weighted by Gasteiger charge is -2.33. The lowest BCUT2D eigenvalue weighted by atomic mass is 9.99. The molecule has 0 saturated heterocycles. The zero-order valence-corrected chi connectivity index (χ0v) is 20.4. The third-order valence-corrected chi connectivity index (χ3v) is 6.34. The maximum atomic E-state index is 13.9. The Morgan fingerprint density at radius 2 is 1.76 bits per heavy atom. The summed E-state index contributed by atoms with van der Waals surface area (Å²) in [5.41, 5.74) is -0.850. The standard InChI is InChI=1S/C27H27F3N2O5/c1-35-21-13-6-12-20(24(21)36-2)23(25(33)31-18-9-3-4-10-18)32(26(34)22-14-7-15-37-22)19-11-5-8-17(16-19)27(28,29)30/h5-8,11-16,18,23H,3-4,9-10H2,1-2H3,(H,31,33). The molecule has 1 aromatic heterocycles. The van der Waals surface area contributed by atoms with Gasteiger partial charge in [-0.1, -0.05) is 31.0 Å². The van der Waals surface area contributed by atoms with E-state index in [4.69, 9.17) is 13.9 Å². The summed E-state index contributed by atoms with van der Waals surface area (Å²) in [4.78, 5) is 28.7. The highest BCUT2D eigenvalue weighted by Gasteiger charge is 2.39. The van der Waals surface area contributed by atoms with Crippen molar-refractivity contribution in [3.8, 4) is 11.5 Å². The number of hydrogen-bond donors (Lipinski definition) is 1. The first kappa shape index (κ1) is 26.1. The first-order chi connectivity index (χ1) is 17.7. The van der Waals surface area contributed by atoms with E-state index in [1.807, 2.05) is 0 Å². The monoisotopic (exact) mass is 516 g/mol. The fourth-order valence-electron chi connectivity index (χ4n) is 4.61. The number of nitrogens with one attached hydrogen (secondary N) is 1. The average molecular weight is 517 g/mol. The van der Waals surface area contributed by atoms with Crippen molar-refractivity contribution in [2.45, 2.75) is 43.9 Å². The van der Waals surface area contributed by atoms with E-state index >= 15 is 0 Å². The molecule has 7 nitrogen and oxygen atoms in total. The number of alkyl halides is 3. The van der Waals surface area contributed by atoms with E-state index in [1.54, 1.807) is 18.2 Å². The van der Waals surface area contributed by atoms with Crippen LogP contribution in [0.1, 0.15) is 53.4 Å². The number of nitrogens with zero attached hydrogens (tertiary/aromatic N) is 1. The van der Waals surface area contributed by atoms with Gasteiger partial charge in [0, 0.05) is 17.3 Å². The second-order valence-corrected chi connectivity index (χ2v) is 8.68. The maximum Gasteiger partial charge on any atom is 0.416 e. The van der Waals surface area contributed by atoms with E-state index in [1.165, 1.54) is 44.7 Å². The van der Waals surface area contributed by atoms with Crippen LogP contribution in [-0.4, -0.2) is 32.1 Å². The van der Waals surface area contributed by atoms with Crippen molar-refractivity contribution in [2.75, 3.05) is 19.1 Å². The Hall–Kier alpha value is -3.95. The largest absolute Gasteiger partial charge is 0.493 e. The van der Waals surface area contributed by atoms with Crippen molar-refractivity contribution in [1.82, 2.24) is 5.32 Å². The van der Waals surface area contributed by atoms with Gasteiger partial charge in [0.25, 0.3) is 5.91 Å². The van der Waals surface area contributed by atoms with Crippen LogP contribution < -0.4 is 19.7 Å². The molecule has 2 amide bonds. The van der Waals surface area contributed by atoms with Crippen LogP contribution >= 0.6 is 0 Å². The van der Waals surface area contributed by atoms with Gasteiger partial charge in [0.15, 0.2) is 17.3 Å². The molecule has 1 heterocycles. The van der Waals surface area contributed by atoms with E-state index in [0.29, 0.717) is 5.75 Å². The zero-order chi connectivity index (χ0) is 26.6. The van der Waals surface area contributed by atoms with Gasteiger partial charge < -0.3 is 19.2 Å². The minimum atomic E-state index is -4.66. The number of hydrogen-bond acceptors (Lipinski definition) is 5. The van der Waals surface area contributed by atoms with Gasteiger partial charge in [-0.2, -0.15) is 13.2 Å². The van der Waals surface area contributed by atoms with Crippen LogP contribution in [0.15, 0.2) is 65.3 Å². The van der Waals surface area contributed by atoms with E-state index in [9.17, 15) is 22.8 Å². The molecule has 0 aliphatic heterocycles. The van der Waals surface area contributed by atoms with Crippen molar-refractivity contribution in [3.63, 3.8) is 0 Å².